The maximum Gasteiger partial charge on any atom is 0.469 e. The zero-order valence-electron chi connectivity index (χ0n) is 12.5. The molecule has 2 heterocycles. The molecule has 0 bridgehead atoms. The number of anilines is 1. The molecule has 0 saturated carbocycles. The number of carbonyl (C=O) groups excluding carboxylic acids is 1. The second kappa shape index (κ2) is 6.97. The van der Waals surface area contributed by atoms with Crippen molar-refractivity contribution in [2.75, 3.05) is 12.3 Å². The molecule has 2 rings (SSSR count). The molecule has 0 aromatic carbocycles. The summed E-state index contributed by atoms with van der Waals surface area (Å²) < 4.78 is 21.5. The van der Waals surface area contributed by atoms with Crippen LogP contribution in [0.5, 0.6) is 0 Å². The van der Waals surface area contributed by atoms with Gasteiger partial charge in [-0.1, -0.05) is 0 Å². The van der Waals surface area contributed by atoms with E-state index < -0.39 is 50.5 Å². The highest BCUT2D eigenvalue weighted by Crippen LogP contribution is 2.38. The first-order valence-corrected chi connectivity index (χ1v) is 8.27. The Labute approximate surface area is 135 Å². The Morgan fingerprint density at radius 1 is 1.58 bits per heavy atom. The zero-order chi connectivity index (χ0) is 18.1. The van der Waals surface area contributed by atoms with Crippen LogP contribution >= 0.6 is 7.82 Å². The maximum absolute atomic E-state index is 11.9. The predicted molar refractivity (Wildman–Crippen MR) is 78.4 cm³/mol. The Morgan fingerprint density at radius 2 is 2.25 bits per heavy atom. The smallest absolute Gasteiger partial charge is 0.388 e. The van der Waals surface area contributed by atoms with E-state index in [1.165, 1.54) is 19.2 Å². The summed E-state index contributed by atoms with van der Waals surface area (Å²) in [6.45, 7) is 0.558. The van der Waals surface area contributed by atoms with Crippen molar-refractivity contribution in [3.63, 3.8) is 0 Å². The van der Waals surface area contributed by atoms with Gasteiger partial charge in [-0.05, 0) is 6.07 Å². The lowest BCUT2D eigenvalue weighted by atomic mass is 10.1. The van der Waals surface area contributed by atoms with Crippen molar-refractivity contribution in [2.45, 2.75) is 31.4 Å². The number of hydrogen-bond acceptors (Lipinski definition) is 8. The van der Waals surface area contributed by atoms with Crippen molar-refractivity contribution in [3.8, 4) is 0 Å². The van der Waals surface area contributed by atoms with E-state index in [4.69, 9.17) is 20.3 Å². The number of nitrogens with zero attached hydrogens (tertiary/aromatic N) is 2. The van der Waals surface area contributed by atoms with E-state index >= 15 is 0 Å². The molecule has 1 fully saturated rings. The third kappa shape index (κ3) is 4.38. The van der Waals surface area contributed by atoms with Gasteiger partial charge in [-0.25, -0.2) is 9.36 Å². The number of aliphatic hydroxyl groups is 1. The second-order valence-corrected chi connectivity index (χ2v) is 6.35. The number of aromatic nitrogens is 2. The summed E-state index contributed by atoms with van der Waals surface area (Å²) in [5.41, 5.74) is 4.62. The molecule has 6 N–H and O–H groups in total. The monoisotopic (exact) mass is 364 g/mol. The van der Waals surface area contributed by atoms with Gasteiger partial charge in [-0.15, -0.1) is 0 Å². The van der Waals surface area contributed by atoms with Crippen molar-refractivity contribution in [3.05, 3.63) is 22.7 Å². The fourth-order valence-corrected chi connectivity index (χ4v) is 2.64. The number of nitrogens with two attached hydrogens (primary N) is 1. The Bertz CT molecular complexity index is 718. The highest BCUT2D eigenvalue weighted by molar-refractivity contribution is 7.46. The molecule has 1 amide bonds. The number of amides is 1. The van der Waals surface area contributed by atoms with Gasteiger partial charge in [0.15, 0.2) is 6.23 Å². The van der Waals surface area contributed by atoms with Crippen LogP contribution in [0.3, 0.4) is 0 Å². The topological polar surface area (TPSA) is 186 Å². The number of rotatable bonds is 5. The number of nitrogen functional groups attached to an aromatic ring is 1. The van der Waals surface area contributed by atoms with Crippen LogP contribution < -0.4 is 16.7 Å². The van der Waals surface area contributed by atoms with E-state index in [-0.39, 0.29) is 5.82 Å². The van der Waals surface area contributed by atoms with E-state index in [1.54, 1.807) is 0 Å². The minimum absolute atomic E-state index is 0.0211. The quantitative estimate of drug-likeness (QED) is 0.356. The lowest BCUT2D eigenvalue weighted by molar-refractivity contribution is -0.121. The van der Waals surface area contributed by atoms with Crippen LogP contribution in [0.2, 0.25) is 0 Å². The van der Waals surface area contributed by atoms with Crippen LogP contribution in [0.25, 0.3) is 0 Å². The molecular formula is C11H17N4O8P. The first kappa shape index (κ1) is 18.5. The summed E-state index contributed by atoms with van der Waals surface area (Å²) in [7, 11) is -4.78. The highest BCUT2D eigenvalue weighted by atomic mass is 31.2. The number of hydrogen-bond donors (Lipinski definition) is 5. The van der Waals surface area contributed by atoms with Gasteiger partial charge in [-0.3, -0.25) is 13.9 Å². The average Bonchev–Trinajstić information content (AvgIpc) is 2.73. The van der Waals surface area contributed by atoms with Gasteiger partial charge in [0.2, 0.25) is 5.91 Å². The highest BCUT2D eigenvalue weighted by Gasteiger charge is 2.46. The number of aliphatic hydroxyl groups excluding tert-OH is 1. The van der Waals surface area contributed by atoms with Crippen molar-refractivity contribution < 1.29 is 33.5 Å². The molecule has 12 nitrogen and oxygen atoms in total. The van der Waals surface area contributed by atoms with E-state index in [9.17, 15) is 19.3 Å². The van der Waals surface area contributed by atoms with Crippen molar-refractivity contribution in [2.24, 2.45) is 0 Å². The van der Waals surface area contributed by atoms with Crippen molar-refractivity contribution in [1.29, 1.82) is 0 Å². The summed E-state index contributed by atoms with van der Waals surface area (Å²) in [5.74, 6) is -0.520. The van der Waals surface area contributed by atoms with Gasteiger partial charge >= 0.3 is 13.5 Å². The molecule has 0 aliphatic carbocycles. The van der Waals surface area contributed by atoms with Gasteiger partial charge in [0.05, 0.1) is 6.61 Å². The lowest BCUT2D eigenvalue weighted by Gasteiger charge is -2.22. The summed E-state index contributed by atoms with van der Waals surface area (Å²) in [6.07, 6.45) is -2.46. The number of phosphoric acid groups is 1. The Hall–Kier alpha value is -1.82. The summed E-state index contributed by atoms with van der Waals surface area (Å²) in [4.78, 5) is 44.3. The molecule has 1 aliphatic heterocycles. The van der Waals surface area contributed by atoms with Crippen LogP contribution in [0.4, 0.5) is 5.82 Å². The van der Waals surface area contributed by atoms with Crippen LogP contribution in [0, 0.1) is 0 Å². The van der Waals surface area contributed by atoms with E-state index in [0.29, 0.717) is 0 Å². The van der Waals surface area contributed by atoms with Crippen molar-refractivity contribution in [1.82, 2.24) is 14.9 Å². The molecule has 0 spiro atoms. The third-order valence-corrected chi connectivity index (χ3v) is 3.76. The molecule has 1 saturated heterocycles. The molecule has 24 heavy (non-hydrogen) atoms. The minimum atomic E-state index is -4.78. The Kier molecular flexibility index (Phi) is 5.38. The number of nitrogens with one attached hydrogen (secondary N) is 1. The molecule has 0 unspecified atom stereocenters. The molecule has 134 valence electrons. The maximum atomic E-state index is 11.9. The van der Waals surface area contributed by atoms with Gasteiger partial charge in [0.1, 0.15) is 24.1 Å². The fraction of sp³-hybridized carbons (Fsp3) is 0.545. The second-order valence-electron chi connectivity index (χ2n) is 5.11. The summed E-state index contributed by atoms with van der Waals surface area (Å²) in [5, 5.41) is 12.7. The number of ether oxygens (including phenoxy) is 1. The first-order chi connectivity index (χ1) is 11.1. The van der Waals surface area contributed by atoms with Crippen LogP contribution in [-0.4, -0.2) is 55.2 Å². The molecule has 0 radical (unpaired) electrons. The summed E-state index contributed by atoms with van der Waals surface area (Å²) >= 11 is 0. The van der Waals surface area contributed by atoms with Crippen LogP contribution in [0.15, 0.2) is 17.1 Å². The zero-order valence-corrected chi connectivity index (χ0v) is 13.4. The van der Waals surface area contributed by atoms with Crippen molar-refractivity contribution >= 4 is 19.5 Å². The molecule has 4 atom stereocenters. The fourth-order valence-electron chi connectivity index (χ4n) is 2.30. The first-order valence-electron chi connectivity index (χ1n) is 6.74. The van der Waals surface area contributed by atoms with Gasteiger partial charge < -0.3 is 30.7 Å². The van der Waals surface area contributed by atoms with Crippen LogP contribution in [-0.2, 0) is 18.6 Å². The van der Waals surface area contributed by atoms with E-state index in [2.05, 4.69) is 14.8 Å². The predicted octanol–water partition coefficient (Wildman–Crippen LogP) is -2.30. The molecule has 1 aliphatic rings. The number of phosphoric ester groups is 1. The molecule has 13 heteroatoms. The SMILES string of the molecule is CC(=O)N[C@@H]1[C@H](O)[C@@H](COP(=O)(O)O)O[C@H]1n1ccc(N)nc1=O. The summed E-state index contributed by atoms with van der Waals surface area (Å²) in [6, 6.07) is 0.262. The van der Waals surface area contributed by atoms with Gasteiger partial charge in [-0.2, -0.15) is 4.98 Å². The average molecular weight is 364 g/mol. The van der Waals surface area contributed by atoms with Gasteiger partial charge in [0.25, 0.3) is 0 Å². The minimum Gasteiger partial charge on any atom is -0.388 e. The molecule has 1 aromatic heterocycles. The largest absolute Gasteiger partial charge is 0.469 e. The standard InChI is InChI=1S/C11H17N4O8P/c1-5(16)13-8-9(17)6(4-22-24(19,20)21)23-10(8)15-3-2-7(12)14-11(15)18/h2-3,6,8-10,17H,4H2,1H3,(H,13,16)(H2,12,14,18)(H2,19,20,21)/t6-,8-,9-,10-/m1/s1. The molecule has 1 aromatic rings. The van der Waals surface area contributed by atoms with E-state index in [0.717, 1.165) is 4.57 Å². The van der Waals surface area contributed by atoms with Gasteiger partial charge in [0, 0.05) is 13.1 Å². The number of carbonyl (C=O) groups is 1. The Balaban J connectivity index is 2.28. The third-order valence-electron chi connectivity index (χ3n) is 3.27. The Morgan fingerprint density at radius 3 is 2.79 bits per heavy atom. The van der Waals surface area contributed by atoms with Crippen LogP contribution in [0.1, 0.15) is 13.2 Å². The normalized spacial score (nSPS) is 27.2. The molecular weight excluding hydrogens is 347 g/mol. The lowest BCUT2D eigenvalue weighted by Crippen LogP contribution is -2.47. The van der Waals surface area contributed by atoms with E-state index in [1.807, 2.05) is 0 Å².